The third-order valence-corrected chi connectivity index (χ3v) is 5.03. The van der Waals surface area contributed by atoms with E-state index in [0.29, 0.717) is 38.7 Å². The first-order valence-electron chi connectivity index (χ1n) is 7.44. The maximum absolute atomic E-state index is 12.1. The second kappa shape index (κ2) is 8.07. The van der Waals surface area contributed by atoms with Crippen molar-refractivity contribution in [3.05, 3.63) is 46.1 Å². The summed E-state index contributed by atoms with van der Waals surface area (Å²) in [7, 11) is 0. The zero-order chi connectivity index (χ0) is 17.8. The van der Waals surface area contributed by atoms with E-state index in [9.17, 15) is 4.79 Å². The van der Waals surface area contributed by atoms with Crippen LogP contribution in [0.25, 0.3) is 11.6 Å². The molecule has 130 valence electrons. The van der Waals surface area contributed by atoms with Gasteiger partial charge in [-0.1, -0.05) is 35.5 Å². The fraction of sp³-hybridized carbons (Fsp3) is 0.188. The van der Waals surface area contributed by atoms with E-state index in [1.807, 2.05) is 29.7 Å². The summed E-state index contributed by atoms with van der Waals surface area (Å²) in [5.41, 5.74) is 0.591. The maximum Gasteiger partial charge on any atom is 0.234 e. The summed E-state index contributed by atoms with van der Waals surface area (Å²) in [6.07, 6.45) is 0. The standard InChI is InChI=1S/C16H14BrClN4O2S/c1-2-22-15(12-7-8-13(17)24-12)20-21-16(22)25-9-14(23)19-11-6-4-3-5-10(11)18/h3-8H,2,9H2,1H3,(H,19,23). The quantitative estimate of drug-likeness (QED) is 0.561. The van der Waals surface area contributed by atoms with Gasteiger partial charge >= 0.3 is 0 Å². The number of halogens is 2. The van der Waals surface area contributed by atoms with E-state index in [2.05, 4.69) is 31.4 Å². The molecule has 0 atom stereocenters. The van der Waals surface area contributed by atoms with Crippen molar-refractivity contribution >= 4 is 50.9 Å². The molecule has 3 aromatic rings. The smallest absolute Gasteiger partial charge is 0.234 e. The maximum atomic E-state index is 12.1. The normalized spacial score (nSPS) is 10.8. The number of benzene rings is 1. The Morgan fingerprint density at radius 2 is 2.12 bits per heavy atom. The number of furan rings is 1. The van der Waals surface area contributed by atoms with Crippen LogP contribution < -0.4 is 5.32 Å². The van der Waals surface area contributed by atoms with Crippen molar-refractivity contribution in [2.45, 2.75) is 18.6 Å². The van der Waals surface area contributed by atoms with Crippen LogP contribution in [0.3, 0.4) is 0 Å². The second-order valence-corrected chi connectivity index (χ2v) is 7.10. The number of para-hydroxylation sites is 1. The molecule has 6 nitrogen and oxygen atoms in total. The number of carbonyl (C=O) groups is 1. The van der Waals surface area contributed by atoms with Gasteiger partial charge in [0.25, 0.3) is 0 Å². The monoisotopic (exact) mass is 440 g/mol. The summed E-state index contributed by atoms with van der Waals surface area (Å²) >= 11 is 10.6. The topological polar surface area (TPSA) is 73.0 Å². The molecule has 3 rings (SSSR count). The highest BCUT2D eigenvalue weighted by molar-refractivity contribution is 9.10. The Kier molecular flexibility index (Phi) is 5.82. The summed E-state index contributed by atoms with van der Waals surface area (Å²) in [6, 6.07) is 10.7. The number of carbonyl (C=O) groups excluding carboxylic acids is 1. The number of nitrogens with one attached hydrogen (secondary N) is 1. The van der Waals surface area contributed by atoms with E-state index < -0.39 is 0 Å². The van der Waals surface area contributed by atoms with Crippen LogP contribution in [0.1, 0.15) is 6.92 Å². The lowest BCUT2D eigenvalue weighted by atomic mass is 10.3. The molecule has 2 heterocycles. The Morgan fingerprint density at radius 1 is 1.32 bits per heavy atom. The van der Waals surface area contributed by atoms with Crippen LogP contribution in [0.2, 0.25) is 5.02 Å². The summed E-state index contributed by atoms with van der Waals surface area (Å²) in [5.74, 6) is 1.28. The molecule has 0 bridgehead atoms. The molecule has 0 unspecified atom stereocenters. The molecule has 25 heavy (non-hydrogen) atoms. The highest BCUT2D eigenvalue weighted by atomic mass is 79.9. The minimum Gasteiger partial charge on any atom is -0.446 e. The minimum atomic E-state index is -0.161. The molecule has 1 aromatic carbocycles. The van der Waals surface area contributed by atoms with Crippen LogP contribution in [-0.4, -0.2) is 26.4 Å². The number of amides is 1. The average Bonchev–Trinajstić information content (AvgIpc) is 3.20. The van der Waals surface area contributed by atoms with Gasteiger partial charge in [-0.3, -0.25) is 9.36 Å². The van der Waals surface area contributed by atoms with Gasteiger partial charge in [-0.15, -0.1) is 10.2 Å². The van der Waals surface area contributed by atoms with Gasteiger partial charge in [-0.2, -0.15) is 0 Å². The summed E-state index contributed by atoms with van der Waals surface area (Å²) in [6.45, 7) is 2.65. The average molecular weight is 442 g/mol. The number of thioether (sulfide) groups is 1. The fourth-order valence-electron chi connectivity index (χ4n) is 2.18. The molecule has 0 fully saturated rings. The van der Waals surface area contributed by atoms with Crippen molar-refractivity contribution < 1.29 is 9.21 Å². The van der Waals surface area contributed by atoms with E-state index in [4.69, 9.17) is 16.0 Å². The van der Waals surface area contributed by atoms with Gasteiger partial charge < -0.3 is 9.73 Å². The summed E-state index contributed by atoms with van der Waals surface area (Å²) < 4.78 is 8.06. The van der Waals surface area contributed by atoms with Crippen LogP contribution in [0.15, 0.2) is 50.6 Å². The van der Waals surface area contributed by atoms with Gasteiger partial charge in [0, 0.05) is 6.54 Å². The number of aromatic nitrogens is 3. The number of hydrogen-bond acceptors (Lipinski definition) is 5. The predicted octanol–water partition coefficient (Wildman–Crippen LogP) is 4.70. The molecule has 0 aliphatic rings. The predicted molar refractivity (Wildman–Crippen MR) is 102 cm³/mol. The molecular formula is C16H14BrClN4O2S. The van der Waals surface area contributed by atoms with Crippen LogP contribution in [0, 0.1) is 0 Å². The second-order valence-electron chi connectivity index (χ2n) is 4.97. The highest BCUT2D eigenvalue weighted by Gasteiger charge is 2.17. The molecule has 1 N–H and O–H groups in total. The van der Waals surface area contributed by atoms with Gasteiger partial charge in [0.05, 0.1) is 16.5 Å². The lowest BCUT2D eigenvalue weighted by molar-refractivity contribution is -0.113. The molecule has 1 amide bonds. The number of hydrogen-bond donors (Lipinski definition) is 1. The van der Waals surface area contributed by atoms with Crippen molar-refractivity contribution in [3.8, 4) is 11.6 Å². The first-order valence-corrected chi connectivity index (χ1v) is 9.60. The van der Waals surface area contributed by atoms with E-state index in [-0.39, 0.29) is 11.7 Å². The molecule has 0 saturated heterocycles. The number of anilines is 1. The van der Waals surface area contributed by atoms with E-state index in [1.54, 1.807) is 18.2 Å². The zero-order valence-electron chi connectivity index (χ0n) is 13.2. The third kappa shape index (κ3) is 4.26. The van der Waals surface area contributed by atoms with E-state index in [1.165, 1.54) is 11.8 Å². The van der Waals surface area contributed by atoms with Crippen molar-refractivity contribution in [2.24, 2.45) is 0 Å². The van der Waals surface area contributed by atoms with Gasteiger partial charge in [0.1, 0.15) is 0 Å². The lowest BCUT2D eigenvalue weighted by Gasteiger charge is -2.07. The van der Waals surface area contributed by atoms with Crippen molar-refractivity contribution in [3.63, 3.8) is 0 Å². The molecule has 0 saturated carbocycles. The van der Waals surface area contributed by atoms with Crippen LogP contribution in [0.4, 0.5) is 5.69 Å². The Morgan fingerprint density at radius 3 is 2.80 bits per heavy atom. The minimum absolute atomic E-state index is 0.161. The number of nitrogens with zero attached hydrogens (tertiary/aromatic N) is 3. The van der Waals surface area contributed by atoms with Gasteiger partial charge in [0.15, 0.2) is 15.6 Å². The molecule has 2 aromatic heterocycles. The first kappa shape index (κ1) is 18.0. The SMILES string of the molecule is CCn1c(SCC(=O)Nc2ccccc2Cl)nnc1-c1ccc(Br)o1. The van der Waals surface area contributed by atoms with Crippen LogP contribution >= 0.6 is 39.3 Å². The molecule has 9 heteroatoms. The lowest BCUT2D eigenvalue weighted by Crippen LogP contribution is -2.14. The molecule has 0 radical (unpaired) electrons. The van der Waals surface area contributed by atoms with Gasteiger partial charge in [-0.25, -0.2) is 0 Å². The Balaban J connectivity index is 1.68. The van der Waals surface area contributed by atoms with Crippen molar-refractivity contribution in [1.82, 2.24) is 14.8 Å². The number of rotatable bonds is 6. The van der Waals surface area contributed by atoms with Crippen molar-refractivity contribution in [2.75, 3.05) is 11.1 Å². The van der Waals surface area contributed by atoms with E-state index in [0.717, 1.165) is 0 Å². The fourth-order valence-corrected chi connectivity index (χ4v) is 3.47. The Hall–Kier alpha value is -1.77. The van der Waals surface area contributed by atoms with Gasteiger partial charge in [-0.05, 0) is 47.1 Å². The van der Waals surface area contributed by atoms with E-state index >= 15 is 0 Å². The third-order valence-electron chi connectivity index (χ3n) is 3.31. The highest BCUT2D eigenvalue weighted by Crippen LogP contribution is 2.27. The zero-order valence-corrected chi connectivity index (χ0v) is 16.4. The summed E-state index contributed by atoms with van der Waals surface area (Å²) in [5, 5.41) is 12.3. The van der Waals surface area contributed by atoms with Crippen molar-refractivity contribution in [1.29, 1.82) is 0 Å². The summed E-state index contributed by atoms with van der Waals surface area (Å²) in [4.78, 5) is 12.1. The first-order chi connectivity index (χ1) is 12.1. The molecule has 0 aliphatic carbocycles. The molecule has 0 spiro atoms. The largest absolute Gasteiger partial charge is 0.446 e. The Bertz CT molecular complexity index is 896. The molecular weight excluding hydrogens is 428 g/mol. The van der Waals surface area contributed by atoms with Crippen LogP contribution in [-0.2, 0) is 11.3 Å². The Labute approximate surface area is 162 Å². The van der Waals surface area contributed by atoms with Gasteiger partial charge in [0.2, 0.25) is 11.7 Å². The molecule has 0 aliphatic heterocycles. The van der Waals surface area contributed by atoms with Crippen LogP contribution in [0.5, 0.6) is 0 Å².